The third-order valence-electron chi connectivity index (χ3n) is 2.56. The summed E-state index contributed by atoms with van der Waals surface area (Å²) >= 11 is 0. The van der Waals surface area contributed by atoms with Crippen molar-refractivity contribution in [1.82, 2.24) is 0 Å². The van der Waals surface area contributed by atoms with Crippen LogP contribution in [0.4, 0.5) is 0 Å². The summed E-state index contributed by atoms with van der Waals surface area (Å²) in [6, 6.07) is 17.2. The third-order valence-corrected chi connectivity index (χ3v) is 2.56. The van der Waals surface area contributed by atoms with Crippen LogP contribution in [-0.4, -0.2) is 0 Å². The maximum Gasteiger partial charge on any atom is 0.135 e. The topological polar surface area (TPSA) is 13.1 Å². The van der Waals surface area contributed by atoms with Crippen molar-refractivity contribution in [3.8, 4) is 24.7 Å². The van der Waals surface area contributed by atoms with E-state index in [4.69, 9.17) is 17.3 Å². The van der Waals surface area contributed by atoms with Crippen molar-refractivity contribution in [3.05, 3.63) is 72.0 Å². The maximum atomic E-state index is 5.22. The van der Waals surface area contributed by atoms with Crippen LogP contribution in [0.25, 0.3) is 11.0 Å². The van der Waals surface area contributed by atoms with Gasteiger partial charge in [-0.1, -0.05) is 30.0 Å². The van der Waals surface area contributed by atoms with Crippen molar-refractivity contribution in [1.29, 1.82) is 0 Å². The molecule has 1 heteroatoms. The lowest BCUT2D eigenvalue weighted by atomic mass is 10.2. The number of terminal acetylenes is 2. The molecule has 0 aliphatic carbocycles. The second kappa shape index (κ2) is 6.15. The summed E-state index contributed by atoms with van der Waals surface area (Å²) < 4.78 is 5.16. The summed E-state index contributed by atoms with van der Waals surface area (Å²) in [6.45, 7) is 0. The highest BCUT2D eigenvalue weighted by atomic mass is 16.3. The molecular weight excluding hydrogens is 232 g/mol. The summed E-state index contributed by atoms with van der Waals surface area (Å²) in [7, 11) is 0. The van der Waals surface area contributed by atoms with E-state index in [9.17, 15) is 0 Å². The Hall–Kier alpha value is -2.90. The molecule has 0 saturated carbocycles. The molecule has 0 N–H and O–H groups in total. The summed E-state index contributed by atoms with van der Waals surface area (Å²) in [6.07, 6.45) is 12.0. The molecule has 0 saturated heterocycles. The Morgan fingerprint density at radius 1 is 0.789 bits per heavy atom. The van der Waals surface area contributed by atoms with E-state index < -0.39 is 0 Å². The van der Waals surface area contributed by atoms with E-state index in [2.05, 4.69) is 11.8 Å². The van der Waals surface area contributed by atoms with Gasteiger partial charge in [0.1, 0.15) is 5.58 Å². The largest absolute Gasteiger partial charge is 0.464 e. The Morgan fingerprint density at radius 3 is 2.16 bits per heavy atom. The minimum Gasteiger partial charge on any atom is -0.464 e. The van der Waals surface area contributed by atoms with Crippen LogP contribution in [0.15, 0.2) is 65.3 Å². The summed E-state index contributed by atoms with van der Waals surface area (Å²) in [5.74, 6) is 5.08. The minimum absolute atomic E-state index is 0.848. The Bertz CT molecular complexity index is 736. The number of benzene rings is 2. The van der Waals surface area contributed by atoms with Gasteiger partial charge in [-0.15, -0.1) is 12.8 Å². The second-order valence-electron chi connectivity index (χ2n) is 3.83. The fourth-order valence-corrected chi connectivity index (χ4v) is 1.58. The quantitative estimate of drug-likeness (QED) is 0.543. The lowest BCUT2D eigenvalue weighted by molar-refractivity contribution is 0.616. The van der Waals surface area contributed by atoms with Crippen LogP contribution in [0.1, 0.15) is 11.1 Å². The molecule has 0 aliphatic rings. The average molecular weight is 244 g/mol. The Labute approximate surface area is 112 Å². The highest BCUT2D eigenvalue weighted by Gasteiger charge is 1.95. The minimum atomic E-state index is 0.848. The molecule has 1 aromatic heterocycles. The van der Waals surface area contributed by atoms with Crippen LogP contribution in [0.2, 0.25) is 0 Å². The van der Waals surface area contributed by atoms with Crippen LogP contribution in [0, 0.1) is 24.7 Å². The first-order valence-corrected chi connectivity index (χ1v) is 5.79. The summed E-state index contributed by atoms with van der Waals surface area (Å²) in [4.78, 5) is 0. The fraction of sp³-hybridized carbons (Fsp3) is 0. The number of furan rings is 1. The zero-order valence-electron chi connectivity index (χ0n) is 10.3. The molecule has 0 spiro atoms. The molecule has 0 aliphatic heterocycles. The van der Waals surface area contributed by atoms with E-state index in [0.717, 1.165) is 22.1 Å². The van der Waals surface area contributed by atoms with E-state index in [-0.39, 0.29) is 0 Å². The number of fused-ring (bicyclic) bond motifs is 1. The van der Waals surface area contributed by atoms with Crippen LogP contribution in [-0.2, 0) is 0 Å². The van der Waals surface area contributed by atoms with Gasteiger partial charge in [0.25, 0.3) is 0 Å². The van der Waals surface area contributed by atoms with Crippen molar-refractivity contribution in [3.63, 3.8) is 0 Å². The van der Waals surface area contributed by atoms with E-state index in [0.29, 0.717) is 0 Å². The Morgan fingerprint density at radius 2 is 1.53 bits per heavy atom. The van der Waals surface area contributed by atoms with Crippen LogP contribution >= 0.6 is 0 Å². The van der Waals surface area contributed by atoms with E-state index in [1.165, 1.54) is 0 Å². The molecule has 1 nitrogen and oxygen atoms in total. The maximum absolute atomic E-state index is 5.22. The SMILES string of the molecule is C#Cc1ccc2ccoc2c1.C#Cc1ccccc1. The van der Waals surface area contributed by atoms with Crippen LogP contribution in [0.3, 0.4) is 0 Å². The lowest BCUT2D eigenvalue weighted by Gasteiger charge is -1.88. The molecule has 19 heavy (non-hydrogen) atoms. The summed E-state index contributed by atoms with van der Waals surface area (Å²) in [5.41, 5.74) is 2.64. The number of hydrogen-bond acceptors (Lipinski definition) is 1. The van der Waals surface area contributed by atoms with Crippen molar-refractivity contribution < 1.29 is 4.42 Å². The highest BCUT2D eigenvalue weighted by molar-refractivity contribution is 5.78. The molecular formula is C18H12O. The molecule has 3 rings (SSSR count). The lowest BCUT2D eigenvalue weighted by Crippen LogP contribution is -1.70. The van der Waals surface area contributed by atoms with Gasteiger partial charge in [-0.25, -0.2) is 0 Å². The zero-order valence-corrected chi connectivity index (χ0v) is 10.3. The van der Waals surface area contributed by atoms with E-state index >= 15 is 0 Å². The van der Waals surface area contributed by atoms with Gasteiger partial charge in [0, 0.05) is 16.5 Å². The van der Waals surface area contributed by atoms with Gasteiger partial charge in [-0.05, 0) is 36.4 Å². The van der Waals surface area contributed by atoms with Crippen molar-refractivity contribution >= 4 is 11.0 Å². The molecule has 90 valence electrons. The molecule has 0 bridgehead atoms. The number of rotatable bonds is 0. The summed E-state index contributed by atoms with van der Waals surface area (Å²) in [5, 5.41) is 1.09. The van der Waals surface area contributed by atoms with Gasteiger partial charge >= 0.3 is 0 Å². The van der Waals surface area contributed by atoms with Gasteiger partial charge in [-0.3, -0.25) is 0 Å². The molecule has 2 aromatic carbocycles. The van der Waals surface area contributed by atoms with Gasteiger partial charge < -0.3 is 4.42 Å². The smallest absolute Gasteiger partial charge is 0.135 e. The fourth-order valence-electron chi connectivity index (χ4n) is 1.58. The Kier molecular flexibility index (Phi) is 4.06. The standard InChI is InChI=1S/C10H6O.C8H6/c1-2-8-3-4-9-5-6-11-10(9)7-8;1-2-8-6-4-3-5-7-8/h1,3-7H;1,3-7H. The molecule has 0 atom stereocenters. The molecule has 1 heterocycles. The van der Waals surface area contributed by atoms with Crippen LogP contribution in [0.5, 0.6) is 0 Å². The van der Waals surface area contributed by atoms with Gasteiger partial charge in [-0.2, -0.15) is 0 Å². The van der Waals surface area contributed by atoms with Gasteiger partial charge in [0.05, 0.1) is 6.26 Å². The normalized spacial score (nSPS) is 8.95. The number of hydrogen-bond donors (Lipinski definition) is 0. The molecule has 0 amide bonds. The monoisotopic (exact) mass is 244 g/mol. The first kappa shape index (κ1) is 12.6. The highest BCUT2D eigenvalue weighted by Crippen LogP contribution is 2.15. The van der Waals surface area contributed by atoms with Crippen molar-refractivity contribution in [2.45, 2.75) is 0 Å². The average Bonchev–Trinajstić information content (AvgIpc) is 2.96. The van der Waals surface area contributed by atoms with E-state index in [1.807, 2.05) is 54.6 Å². The Balaban J connectivity index is 0.000000148. The molecule has 0 radical (unpaired) electrons. The predicted octanol–water partition coefficient (Wildman–Crippen LogP) is 4.08. The van der Waals surface area contributed by atoms with Crippen molar-refractivity contribution in [2.75, 3.05) is 0 Å². The first-order valence-electron chi connectivity index (χ1n) is 5.79. The predicted molar refractivity (Wildman–Crippen MR) is 78.5 cm³/mol. The van der Waals surface area contributed by atoms with Gasteiger partial charge in [0.2, 0.25) is 0 Å². The molecule has 3 aromatic rings. The molecule has 0 fully saturated rings. The molecule has 0 unspecified atom stereocenters. The van der Waals surface area contributed by atoms with Gasteiger partial charge in [0.15, 0.2) is 0 Å². The zero-order chi connectivity index (χ0) is 13.5. The van der Waals surface area contributed by atoms with E-state index in [1.54, 1.807) is 6.26 Å². The first-order chi connectivity index (χ1) is 9.33. The van der Waals surface area contributed by atoms with Crippen molar-refractivity contribution in [2.24, 2.45) is 0 Å². The second-order valence-corrected chi connectivity index (χ2v) is 3.83. The van der Waals surface area contributed by atoms with Crippen LogP contribution < -0.4 is 0 Å². The third kappa shape index (κ3) is 3.28.